The molecule has 0 unspecified atom stereocenters. The number of nitrogens with one attached hydrogen (secondary N) is 1. The number of thiocarbonyl (C=S) groups is 1. The predicted octanol–water partition coefficient (Wildman–Crippen LogP) is 4.52. The van der Waals surface area contributed by atoms with E-state index in [4.69, 9.17) is 12.2 Å². The Hall–Kier alpha value is -1.74. The second kappa shape index (κ2) is 7.64. The molecule has 0 bridgehead atoms. The van der Waals surface area contributed by atoms with Gasteiger partial charge in [-0.15, -0.1) is 6.58 Å². The van der Waals surface area contributed by atoms with E-state index < -0.39 is 0 Å². The third kappa shape index (κ3) is 4.79. The van der Waals surface area contributed by atoms with Crippen LogP contribution in [0.25, 0.3) is 0 Å². The molecule has 0 saturated heterocycles. The van der Waals surface area contributed by atoms with E-state index in [1.165, 1.54) is 12.1 Å². The lowest BCUT2D eigenvalue weighted by atomic mass is 10.1. The SMILES string of the molecule is C=CC/C=C(C)\C(=C/C)NC(=S)c1ccc(F)cc1. The van der Waals surface area contributed by atoms with E-state index in [1.54, 1.807) is 12.1 Å². The first-order chi connectivity index (χ1) is 9.08. The minimum atomic E-state index is -0.264. The molecule has 0 aliphatic rings. The second-order valence-corrected chi connectivity index (χ2v) is 4.48. The molecule has 0 saturated carbocycles. The standard InChI is InChI=1S/C16H18FNS/c1-4-6-7-12(3)15(5-2)18-16(19)13-8-10-14(17)11-9-13/h4-5,7-11H,1,6H2,2-3H3,(H,18,19)/b12-7-,15-5+. The molecule has 0 radical (unpaired) electrons. The van der Waals surface area contributed by atoms with E-state index >= 15 is 0 Å². The van der Waals surface area contributed by atoms with Crippen LogP contribution >= 0.6 is 12.2 Å². The van der Waals surface area contributed by atoms with Gasteiger partial charge in [-0.05, 0) is 50.1 Å². The van der Waals surface area contributed by atoms with Crippen LogP contribution in [0.3, 0.4) is 0 Å². The van der Waals surface area contributed by atoms with E-state index in [0.717, 1.165) is 23.3 Å². The van der Waals surface area contributed by atoms with Gasteiger partial charge in [0.2, 0.25) is 0 Å². The molecule has 0 aliphatic heterocycles. The summed E-state index contributed by atoms with van der Waals surface area (Å²) in [5, 5.41) is 3.18. The molecule has 0 spiro atoms. The van der Waals surface area contributed by atoms with Gasteiger partial charge in [-0.3, -0.25) is 0 Å². The van der Waals surface area contributed by atoms with E-state index in [1.807, 2.05) is 26.0 Å². The van der Waals surface area contributed by atoms with Crippen LogP contribution in [0, 0.1) is 5.82 Å². The highest BCUT2D eigenvalue weighted by Crippen LogP contribution is 2.10. The summed E-state index contributed by atoms with van der Waals surface area (Å²) in [6, 6.07) is 6.14. The van der Waals surface area contributed by atoms with Crippen LogP contribution in [0.1, 0.15) is 25.8 Å². The summed E-state index contributed by atoms with van der Waals surface area (Å²) in [6.07, 6.45) is 6.69. The number of hydrogen-bond donors (Lipinski definition) is 1. The lowest BCUT2D eigenvalue weighted by Gasteiger charge is -2.12. The molecule has 1 N–H and O–H groups in total. The van der Waals surface area contributed by atoms with Crippen LogP contribution in [0.2, 0.25) is 0 Å². The smallest absolute Gasteiger partial charge is 0.123 e. The molecular weight excluding hydrogens is 257 g/mol. The van der Waals surface area contributed by atoms with Gasteiger partial charge in [-0.25, -0.2) is 4.39 Å². The lowest BCUT2D eigenvalue weighted by molar-refractivity contribution is 0.628. The van der Waals surface area contributed by atoms with Gasteiger partial charge in [-0.1, -0.05) is 30.4 Å². The highest BCUT2D eigenvalue weighted by atomic mass is 32.1. The third-order valence-electron chi connectivity index (χ3n) is 2.66. The van der Waals surface area contributed by atoms with Gasteiger partial charge >= 0.3 is 0 Å². The molecule has 1 rings (SSSR count). The number of halogens is 1. The number of rotatable bonds is 5. The quantitative estimate of drug-likeness (QED) is 0.482. The van der Waals surface area contributed by atoms with Crippen molar-refractivity contribution in [2.75, 3.05) is 0 Å². The molecule has 19 heavy (non-hydrogen) atoms. The molecule has 0 atom stereocenters. The zero-order valence-electron chi connectivity index (χ0n) is 11.2. The Labute approximate surface area is 119 Å². The van der Waals surface area contributed by atoms with Crippen molar-refractivity contribution in [2.24, 2.45) is 0 Å². The molecular formula is C16H18FNS. The van der Waals surface area contributed by atoms with Crippen molar-refractivity contribution in [1.82, 2.24) is 5.32 Å². The number of hydrogen-bond acceptors (Lipinski definition) is 1. The molecule has 1 nitrogen and oxygen atoms in total. The fourth-order valence-electron chi connectivity index (χ4n) is 1.56. The van der Waals surface area contributed by atoms with Gasteiger partial charge in [0.25, 0.3) is 0 Å². The molecule has 0 aliphatic carbocycles. The Balaban J connectivity index is 2.79. The zero-order valence-corrected chi connectivity index (χ0v) is 12.1. The average molecular weight is 275 g/mol. The van der Waals surface area contributed by atoms with Gasteiger partial charge < -0.3 is 5.32 Å². The van der Waals surface area contributed by atoms with Gasteiger partial charge in [0.15, 0.2) is 0 Å². The first-order valence-electron chi connectivity index (χ1n) is 6.09. The normalized spacial score (nSPS) is 12.2. The molecule has 1 aromatic rings. The Morgan fingerprint density at radius 2 is 2.00 bits per heavy atom. The zero-order chi connectivity index (χ0) is 14.3. The second-order valence-electron chi connectivity index (χ2n) is 4.07. The Morgan fingerprint density at radius 3 is 2.53 bits per heavy atom. The molecule has 1 aromatic carbocycles. The highest BCUT2D eigenvalue weighted by molar-refractivity contribution is 7.80. The number of benzene rings is 1. The van der Waals surface area contributed by atoms with Crippen LogP contribution in [0.15, 0.2) is 60.3 Å². The van der Waals surface area contributed by atoms with Crippen LogP contribution in [-0.2, 0) is 0 Å². The van der Waals surface area contributed by atoms with E-state index in [2.05, 4.69) is 18.0 Å². The van der Waals surface area contributed by atoms with Gasteiger partial charge in [0.1, 0.15) is 10.8 Å². The van der Waals surface area contributed by atoms with E-state index in [0.29, 0.717) is 4.99 Å². The fourth-order valence-corrected chi connectivity index (χ4v) is 1.81. The summed E-state index contributed by atoms with van der Waals surface area (Å²) in [4.78, 5) is 0.583. The topological polar surface area (TPSA) is 12.0 Å². The van der Waals surface area contributed by atoms with E-state index in [-0.39, 0.29) is 5.82 Å². The Morgan fingerprint density at radius 1 is 1.37 bits per heavy atom. The summed E-state index contributed by atoms with van der Waals surface area (Å²) < 4.78 is 12.9. The van der Waals surface area contributed by atoms with Crippen molar-refractivity contribution in [3.05, 3.63) is 71.7 Å². The maximum Gasteiger partial charge on any atom is 0.123 e. The summed E-state index contributed by atoms with van der Waals surface area (Å²) >= 11 is 5.32. The summed E-state index contributed by atoms with van der Waals surface area (Å²) in [5.74, 6) is -0.264. The summed E-state index contributed by atoms with van der Waals surface area (Å²) in [5.41, 5.74) is 2.86. The fraction of sp³-hybridized carbons (Fsp3) is 0.188. The molecule has 0 heterocycles. The average Bonchev–Trinajstić information content (AvgIpc) is 2.42. The lowest BCUT2D eigenvalue weighted by Crippen LogP contribution is -2.22. The van der Waals surface area contributed by atoms with Crippen molar-refractivity contribution in [1.29, 1.82) is 0 Å². The number of allylic oxidation sites excluding steroid dienone is 4. The molecule has 3 heteroatoms. The Kier molecular flexibility index (Phi) is 6.16. The van der Waals surface area contributed by atoms with Gasteiger partial charge in [-0.2, -0.15) is 0 Å². The molecule has 0 fully saturated rings. The highest BCUT2D eigenvalue weighted by Gasteiger charge is 2.04. The van der Waals surface area contributed by atoms with Gasteiger partial charge in [0, 0.05) is 11.3 Å². The van der Waals surface area contributed by atoms with Crippen LogP contribution < -0.4 is 5.32 Å². The van der Waals surface area contributed by atoms with E-state index in [9.17, 15) is 4.39 Å². The van der Waals surface area contributed by atoms with Crippen molar-refractivity contribution in [3.63, 3.8) is 0 Å². The largest absolute Gasteiger partial charge is 0.346 e. The monoisotopic (exact) mass is 275 g/mol. The minimum Gasteiger partial charge on any atom is -0.346 e. The van der Waals surface area contributed by atoms with Crippen molar-refractivity contribution < 1.29 is 4.39 Å². The predicted molar refractivity (Wildman–Crippen MR) is 83.6 cm³/mol. The van der Waals surface area contributed by atoms with Crippen molar-refractivity contribution in [2.45, 2.75) is 20.3 Å². The van der Waals surface area contributed by atoms with Crippen molar-refractivity contribution >= 4 is 17.2 Å². The minimum absolute atomic E-state index is 0.264. The Bertz CT molecular complexity index is 512. The van der Waals surface area contributed by atoms with Crippen molar-refractivity contribution in [3.8, 4) is 0 Å². The van der Waals surface area contributed by atoms with Gasteiger partial charge in [0.05, 0.1) is 0 Å². The molecule has 0 aromatic heterocycles. The maximum atomic E-state index is 12.9. The first-order valence-corrected chi connectivity index (χ1v) is 6.50. The molecule has 0 amide bonds. The van der Waals surface area contributed by atoms with Crippen LogP contribution in [0.4, 0.5) is 4.39 Å². The first kappa shape index (κ1) is 15.3. The third-order valence-corrected chi connectivity index (χ3v) is 3.00. The van der Waals surface area contributed by atoms with Crippen LogP contribution in [0.5, 0.6) is 0 Å². The summed E-state index contributed by atoms with van der Waals surface area (Å²) in [6.45, 7) is 7.65. The summed E-state index contributed by atoms with van der Waals surface area (Å²) in [7, 11) is 0. The maximum absolute atomic E-state index is 12.9. The van der Waals surface area contributed by atoms with Crippen LogP contribution in [-0.4, -0.2) is 4.99 Å². The molecule has 100 valence electrons.